The third-order valence-corrected chi connectivity index (χ3v) is 3.33. The first-order valence-electron chi connectivity index (χ1n) is 5.97. The van der Waals surface area contributed by atoms with Gasteiger partial charge < -0.3 is 0 Å². The quantitative estimate of drug-likeness (QED) is 0.484. The van der Waals surface area contributed by atoms with Crippen molar-refractivity contribution in [3.05, 3.63) is 29.8 Å². The van der Waals surface area contributed by atoms with Crippen LogP contribution in [-0.2, 0) is 9.59 Å². The highest BCUT2D eigenvalue weighted by Crippen LogP contribution is 2.13. The molecular weight excluding hydrogens is 276 g/mol. The number of nitrogens with one attached hydrogen (secondary N) is 2. The molecule has 0 radical (unpaired) electrons. The number of hydrogen-bond donors (Lipinski definition) is 2. The summed E-state index contributed by atoms with van der Waals surface area (Å²) in [5.41, 5.74) is 6.12. The van der Waals surface area contributed by atoms with Crippen LogP contribution >= 0.6 is 11.8 Å². The SMILES string of the molecule is CSc1ccc(/C=N\NC(=O)CC2=NNC(=O)C2)cc1. The van der Waals surface area contributed by atoms with E-state index in [1.807, 2.05) is 30.5 Å². The van der Waals surface area contributed by atoms with Gasteiger partial charge in [0, 0.05) is 4.90 Å². The van der Waals surface area contributed by atoms with Crippen LogP contribution in [-0.4, -0.2) is 30.0 Å². The molecule has 1 aromatic carbocycles. The van der Waals surface area contributed by atoms with Gasteiger partial charge in [0.15, 0.2) is 0 Å². The lowest BCUT2D eigenvalue weighted by molar-refractivity contribution is -0.119. The Labute approximate surface area is 120 Å². The summed E-state index contributed by atoms with van der Waals surface area (Å²) in [6, 6.07) is 7.81. The summed E-state index contributed by atoms with van der Waals surface area (Å²) < 4.78 is 0. The molecule has 1 aromatic rings. The fourth-order valence-corrected chi connectivity index (χ4v) is 2.01. The lowest BCUT2D eigenvalue weighted by Gasteiger charge is -1.99. The number of hydrazone groups is 2. The zero-order valence-corrected chi connectivity index (χ0v) is 11.7. The molecule has 0 spiro atoms. The van der Waals surface area contributed by atoms with Gasteiger partial charge in [-0.15, -0.1) is 11.8 Å². The maximum absolute atomic E-state index is 11.5. The number of nitrogens with zero attached hydrogens (tertiary/aromatic N) is 2. The fraction of sp³-hybridized carbons (Fsp3) is 0.231. The van der Waals surface area contributed by atoms with Crippen molar-refractivity contribution in [1.82, 2.24) is 10.9 Å². The van der Waals surface area contributed by atoms with E-state index in [0.717, 1.165) is 5.56 Å². The van der Waals surface area contributed by atoms with Crippen LogP contribution in [0.3, 0.4) is 0 Å². The van der Waals surface area contributed by atoms with Crippen LogP contribution in [0.5, 0.6) is 0 Å². The van der Waals surface area contributed by atoms with Crippen LogP contribution in [0.25, 0.3) is 0 Å². The lowest BCUT2D eigenvalue weighted by Crippen LogP contribution is -2.20. The van der Waals surface area contributed by atoms with Gasteiger partial charge in [0.1, 0.15) is 0 Å². The minimum absolute atomic E-state index is 0.0709. The molecule has 0 aromatic heterocycles. The second-order valence-corrected chi connectivity index (χ2v) is 5.01. The van der Waals surface area contributed by atoms with Gasteiger partial charge in [-0.2, -0.15) is 10.2 Å². The molecule has 6 nitrogen and oxygen atoms in total. The number of carbonyl (C=O) groups is 2. The zero-order valence-electron chi connectivity index (χ0n) is 10.9. The summed E-state index contributed by atoms with van der Waals surface area (Å²) in [5, 5.41) is 7.61. The third kappa shape index (κ3) is 4.20. The van der Waals surface area contributed by atoms with Crippen molar-refractivity contribution < 1.29 is 9.59 Å². The van der Waals surface area contributed by atoms with Gasteiger partial charge in [-0.3, -0.25) is 9.59 Å². The number of benzene rings is 1. The molecule has 104 valence electrons. The highest BCUT2D eigenvalue weighted by Gasteiger charge is 2.16. The highest BCUT2D eigenvalue weighted by atomic mass is 32.2. The topological polar surface area (TPSA) is 82.9 Å². The molecule has 0 atom stereocenters. The first-order valence-corrected chi connectivity index (χ1v) is 7.20. The summed E-state index contributed by atoms with van der Waals surface area (Å²) in [6.07, 6.45) is 3.82. The van der Waals surface area contributed by atoms with Crippen LogP contribution in [0.2, 0.25) is 0 Å². The molecule has 0 saturated heterocycles. The maximum Gasteiger partial charge on any atom is 0.245 e. The maximum atomic E-state index is 11.5. The van der Waals surface area contributed by atoms with Gasteiger partial charge in [-0.05, 0) is 24.0 Å². The molecular formula is C13H14N4O2S. The number of thioether (sulfide) groups is 1. The molecule has 0 saturated carbocycles. The Morgan fingerprint density at radius 2 is 2.25 bits per heavy atom. The molecule has 20 heavy (non-hydrogen) atoms. The van der Waals surface area contributed by atoms with Crippen LogP contribution in [0.15, 0.2) is 39.4 Å². The Balaban J connectivity index is 1.80. The Morgan fingerprint density at radius 3 is 2.85 bits per heavy atom. The van der Waals surface area contributed by atoms with Gasteiger partial charge in [-0.1, -0.05) is 12.1 Å². The number of amides is 2. The second kappa shape index (κ2) is 6.85. The van der Waals surface area contributed by atoms with E-state index in [1.54, 1.807) is 18.0 Å². The molecule has 0 unspecified atom stereocenters. The van der Waals surface area contributed by atoms with Crippen LogP contribution < -0.4 is 10.9 Å². The molecule has 1 heterocycles. The molecule has 2 rings (SSSR count). The number of carbonyl (C=O) groups excluding carboxylic acids is 2. The van der Waals surface area contributed by atoms with Crippen LogP contribution in [0.1, 0.15) is 18.4 Å². The van der Waals surface area contributed by atoms with Gasteiger partial charge in [0.05, 0.1) is 24.8 Å². The van der Waals surface area contributed by atoms with E-state index in [9.17, 15) is 9.59 Å². The second-order valence-electron chi connectivity index (χ2n) is 4.13. The monoisotopic (exact) mass is 290 g/mol. The molecule has 1 aliphatic heterocycles. The van der Waals surface area contributed by atoms with E-state index in [0.29, 0.717) is 5.71 Å². The van der Waals surface area contributed by atoms with Crippen LogP contribution in [0, 0.1) is 0 Å². The minimum atomic E-state index is -0.294. The van der Waals surface area contributed by atoms with Gasteiger partial charge >= 0.3 is 0 Å². The first-order chi connectivity index (χ1) is 9.67. The largest absolute Gasteiger partial charge is 0.273 e. The predicted molar refractivity (Wildman–Crippen MR) is 78.8 cm³/mol. The minimum Gasteiger partial charge on any atom is -0.273 e. The number of hydrogen-bond acceptors (Lipinski definition) is 5. The van der Waals surface area contributed by atoms with Gasteiger partial charge in [-0.25, -0.2) is 10.9 Å². The van der Waals surface area contributed by atoms with Crippen molar-refractivity contribution >= 4 is 35.5 Å². The molecule has 1 aliphatic rings. The van der Waals surface area contributed by atoms with Crippen molar-refractivity contribution in [2.45, 2.75) is 17.7 Å². The summed E-state index contributed by atoms with van der Waals surface area (Å²) in [5.74, 6) is -0.484. The van der Waals surface area contributed by atoms with Crippen molar-refractivity contribution in [2.24, 2.45) is 10.2 Å². The van der Waals surface area contributed by atoms with E-state index >= 15 is 0 Å². The Hall–Kier alpha value is -2.15. The standard InChI is InChI=1S/C13H14N4O2S/c1-20-11-4-2-9(3-5-11)8-14-16-12(18)6-10-7-13(19)17-15-10/h2-5,8H,6-7H2,1H3,(H,16,18)(H,17,19)/b14-8-. The van der Waals surface area contributed by atoms with Crippen molar-refractivity contribution in [3.63, 3.8) is 0 Å². The smallest absolute Gasteiger partial charge is 0.245 e. The van der Waals surface area contributed by atoms with E-state index in [4.69, 9.17) is 0 Å². The van der Waals surface area contributed by atoms with E-state index in [2.05, 4.69) is 21.1 Å². The Morgan fingerprint density at radius 1 is 1.50 bits per heavy atom. The van der Waals surface area contributed by atoms with Gasteiger partial charge in [0.25, 0.3) is 0 Å². The molecule has 2 N–H and O–H groups in total. The van der Waals surface area contributed by atoms with Crippen molar-refractivity contribution in [3.8, 4) is 0 Å². The molecule has 7 heteroatoms. The molecule has 2 amide bonds. The first kappa shape index (κ1) is 14.3. The lowest BCUT2D eigenvalue weighted by atomic mass is 10.2. The fourth-order valence-electron chi connectivity index (χ4n) is 1.60. The number of rotatable bonds is 5. The molecule has 0 bridgehead atoms. The van der Waals surface area contributed by atoms with E-state index < -0.39 is 0 Å². The predicted octanol–water partition coefficient (Wildman–Crippen LogP) is 1.12. The third-order valence-electron chi connectivity index (χ3n) is 2.59. The average Bonchev–Trinajstić information content (AvgIpc) is 2.85. The zero-order chi connectivity index (χ0) is 14.4. The average molecular weight is 290 g/mol. The highest BCUT2D eigenvalue weighted by molar-refractivity contribution is 7.98. The van der Waals surface area contributed by atoms with Crippen LogP contribution in [0.4, 0.5) is 0 Å². The van der Waals surface area contributed by atoms with E-state index in [-0.39, 0.29) is 24.7 Å². The van der Waals surface area contributed by atoms with Crippen molar-refractivity contribution in [1.29, 1.82) is 0 Å². The van der Waals surface area contributed by atoms with Crippen molar-refractivity contribution in [2.75, 3.05) is 6.26 Å². The van der Waals surface area contributed by atoms with Gasteiger partial charge in [0.2, 0.25) is 11.8 Å². The molecule has 0 fully saturated rings. The Kier molecular flexibility index (Phi) is 4.89. The summed E-state index contributed by atoms with van der Waals surface area (Å²) in [7, 11) is 0. The summed E-state index contributed by atoms with van der Waals surface area (Å²) in [4.78, 5) is 23.6. The summed E-state index contributed by atoms with van der Waals surface area (Å²) >= 11 is 1.66. The normalized spacial score (nSPS) is 14.2. The summed E-state index contributed by atoms with van der Waals surface area (Å²) in [6.45, 7) is 0. The molecule has 0 aliphatic carbocycles. The van der Waals surface area contributed by atoms with E-state index in [1.165, 1.54) is 4.90 Å². The Bertz CT molecular complexity index is 566.